The van der Waals surface area contributed by atoms with Crippen LogP contribution in [0.5, 0.6) is 17.2 Å². The molecule has 0 amide bonds. The number of nitrogens with one attached hydrogen (secondary N) is 1. The molecule has 8 nitrogen and oxygen atoms in total. The first-order chi connectivity index (χ1) is 15.2. The highest BCUT2D eigenvalue weighted by Gasteiger charge is 2.27. The van der Waals surface area contributed by atoms with Crippen LogP contribution in [-0.4, -0.2) is 47.8 Å². The van der Waals surface area contributed by atoms with Crippen molar-refractivity contribution in [1.29, 1.82) is 0 Å². The number of aromatic nitrogens is 3. The summed E-state index contributed by atoms with van der Waals surface area (Å²) in [6.07, 6.45) is 3.31. The number of allylic oxidation sites excluding steroid dienone is 1. The molecule has 8 heteroatoms. The molecule has 0 spiro atoms. The van der Waals surface area contributed by atoms with Crippen molar-refractivity contribution in [2.45, 2.75) is 18.9 Å². The minimum atomic E-state index is -0.240. The summed E-state index contributed by atoms with van der Waals surface area (Å²) in [7, 11) is 4.78. The van der Waals surface area contributed by atoms with Gasteiger partial charge in [-0.2, -0.15) is 10.1 Å². The maximum atomic E-state index is 9.19. The van der Waals surface area contributed by atoms with Gasteiger partial charge in [0.15, 0.2) is 17.3 Å². The molecule has 2 heterocycles. The normalized spacial score (nSPS) is 15.0. The van der Waals surface area contributed by atoms with Gasteiger partial charge in [-0.05, 0) is 35.8 Å². The zero-order chi connectivity index (χ0) is 21.8. The average Bonchev–Trinajstić information content (AvgIpc) is 3.24. The van der Waals surface area contributed by atoms with E-state index in [1.165, 1.54) is 0 Å². The van der Waals surface area contributed by atoms with E-state index in [1.54, 1.807) is 21.3 Å². The summed E-state index contributed by atoms with van der Waals surface area (Å²) in [4.78, 5) is 4.66. The zero-order valence-electron chi connectivity index (χ0n) is 17.8. The summed E-state index contributed by atoms with van der Waals surface area (Å²) in [6, 6.07) is 13.7. The maximum Gasteiger partial charge on any atom is 0.226 e. The minimum absolute atomic E-state index is 0.0983. The van der Waals surface area contributed by atoms with Crippen molar-refractivity contribution in [2.75, 3.05) is 33.3 Å². The van der Waals surface area contributed by atoms with Crippen molar-refractivity contribution < 1.29 is 19.3 Å². The molecule has 31 heavy (non-hydrogen) atoms. The van der Waals surface area contributed by atoms with Gasteiger partial charge in [-0.3, -0.25) is 0 Å². The van der Waals surface area contributed by atoms with E-state index in [4.69, 9.17) is 19.3 Å². The zero-order valence-corrected chi connectivity index (χ0v) is 17.8. The molecular formula is C23H26N4O4. The van der Waals surface area contributed by atoms with Gasteiger partial charge in [0, 0.05) is 18.7 Å². The van der Waals surface area contributed by atoms with Crippen molar-refractivity contribution in [2.24, 2.45) is 0 Å². The van der Waals surface area contributed by atoms with Gasteiger partial charge >= 0.3 is 0 Å². The van der Waals surface area contributed by atoms with Crippen molar-refractivity contribution in [3.8, 4) is 17.2 Å². The van der Waals surface area contributed by atoms with Crippen LogP contribution in [0.15, 0.2) is 48.5 Å². The van der Waals surface area contributed by atoms with Crippen LogP contribution >= 0.6 is 0 Å². The number of aliphatic hydroxyl groups excluding tert-OH is 1. The second-order valence-electron chi connectivity index (χ2n) is 7.10. The lowest BCUT2D eigenvalue weighted by atomic mass is 10.0. The molecule has 1 unspecified atom stereocenters. The third-order valence-electron chi connectivity index (χ3n) is 5.18. The van der Waals surface area contributed by atoms with E-state index < -0.39 is 0 Å². The maximum absolute atomic E-state index is 9.19. The van der Waals surface area contributed by atoms with Crippen molar-refractivity contribution in [1.82, 2.24) is 14.8 Å². The fourth-order valence-corrected chi connectivity index (χ4v) is 3.68. The smallest absolute Gasteiger partial charge is 0.226 e. The number of ether oxygens (including phenoxy) is 3. The van der Waals surface area contributed by atoms with Crippen LogP contribution in [0.4, 0.5) is 5.95 Å². The van der Waals surface area contributed by atoms with Gasteiger partial charge in [0.25, 0.3) is 0 Å². The minimum Gasteiger partial charge on any atom is -0.493 e. The van der Waals surface area contributed by atoms with Crippen molar-refractivity contribution in [3.05, 3.63) is 65.5 Å². The number of aryl methyl sites for hydroxylation is 1. The number of benzene rings is 2. The summed E-state index contributed by atoms with van der Waals surface area (Å²) in [6.45, 7) is 0.0983. The molecule has 4 rings (SSSR count). The van der Waals surface area contributed by atoms with Crippen LogP contribution in [0.3, 0.4) is 0 Å². The monoisotopic (exact) mass is 422 g/mol. The number of hydrogen-bond donors (Lipinski definition) is 2. The van der Waals surface area contributed by atoms with E-state index in [0.29, 0.717) is 41.9 Å². The Morgan fingerprint density at radius 2 is 1.74 bits per heavy atom. The highest BCUT2D eigenvalue weighted by molar-refractivity contribution is 5.77. The van der Waals surface area contributed by atoms with Crippen molar-refractivity contribution >= 4 is 11.6 Å². The highest BCUT2D eigenvalue weighted by Crippen LogP contribution is 2.42. The molecule has 162 valence electrons. The molecule has 1 aromatic heterocycles. The Morgan fingerprint density at radius 1 is 1.03 bits per heavy atom. The lowest BCUT2D eigenvalue weighted by Crippen LogP contribution is -2.20. The lowest BCUT2D eigenvalue weighted by molar-refractivity contribution is 0.287. The third kappa shape index (κ3) is 4.06. The number of rotatable bonds is 8. The largest absolute Gasteiger partial charge is 0.493 e. The first-order valence-electron chi connectivity index (χ1n) is 10.1. The Balaban J connectivity index is 1.84. The molecule has 0 saturated carbocycles. The van der Waals surface area contributed by atoms with Gasteiger partial charge in [0.1, 0.15) is 6.04 Å². The van der Waals surface area contributed by atoms with E-state index >= 15 is 0 Å². The predicted molar refractivity (Wildman–Crippen MR) is 118 cm³/mol. The van der Waals surface area contributed by atoms with E-state index in [9.17, 15) is 5.11 Å². The predicted octanol–water partition coefficient (Wildman–Crippen LogP) is 3.28. The van der Waals surface area contributed by atoms with E-state index in [0.717, 1.165) is 16.8 Å². The number of methoxy groups -OCH3 is 3. The Labute approximate surface area is 181 Å². The molecule has 3 aromatic rings. The molecule has 2 N–H and O–H groups in total. The molecular weight excluding hydrogens is 396 g/mol. The van der Waals surface area contributed by atoms with Crippen LogP contribution < -0.4 is 19.5 Å². The Morgan fingerprint density at radius 3 is 2.35 bits per heavy atom. The second-order valence-corrected chi connectivity index (χ2v) is 7.10. The van der Waals surface area contributed by atoms with Crippen LogP contribution in [-0.2, 0) is 6.42 Å². The number of fused-ring (bicyclic) bond motifs is 1. The SMILES string of the molecule is COc1cc(C2C=C(c3ccccc3)Nc3nc(CCCO)nn32)cc(OC)c1OC. The molecule has 1 aliphatic rings. The summed E-state index contributed by atoms with van der Waals surface area (Å²) in [5, 5.41) is 17.3. The number of anilines is 1. The fourth-order valence-electron chi connectivity index (χ4n) is 3.68. The summed E-state index contributed by atoms with van der Waals surface area (Å²) >= 11 is 0. The van der Waals surface area contributed by atoms with Crippen LogP contribution in [0.25, 0.3) is 5.70 Å². The Bertz CT molecular complexity index is 1050. The molecule has 0 fully saturated rings. The number of nitrogens with zero attached hydrogens (tertiary/aromatic N) is 3. The van der Waals surface area contributed by atoms with E-state index in [1.807, 2.05) is 47.1 Å². The molecule has 0 bridgehead atoms. The van der Waals surface area contributed by atoms with Crippen LogP contribution in [0.1, 0.15) is 29.4 Å². The third-order valence-corrected chi connectivity index (χ3v) is 5.18. The summed E-state index contributed by atoms with van der Waals surface area (Å²) in [5.41, 5.74) is 2.91. The Hall–Kier alpha value is -3.52. The van der Waals surface area contributed by atoms with Gasteiger partial charge in [0.2, 0.25) is 11.7 Å². The molecule has 0 saturated heterocycles. The molecule has 0 aliphatic carbocycles. The van der Waals surface area contributed by atoms with Gasteiger partial charge in [-0.15, -0.1) is 0 Å². The summed E-state index contributed by atoms with van der Waals surface area (Å²) in [5.74, 6) is 3.02. The van der Waals surface area contributed by atoms with E-state index in [-0.39, 0.29) is 12.6 Å². The van der Waals surface area contributed by atoms with Gasteiger partial charge in [-0.25, -0.2) is 4.68 Å². The summed E-state index contributed by atoms with van der Waals surface area (Å²) < 4.78 is 18.4. The van der Waals surface area contributed by atoms with Crippen LogP contribution in [0.2, 0.25) is 0 Å². The standard InChI is InChI=1S/C23H26N4O4/c1-29-19-12-16(13-20(30-2)22(19)31-3)18-14-17(15-8-5-4-6-9-15)24-23-25-21(10-7-11-28)26-27(18)23/h4-6,8-9,12-14,18,28H,7,10-11H2,1-3H3,(H,24,25,26). The number of hydrogen-bond acceptors (Lipinski definition) is 7. The average molecular weight is 422 g/mol. The highest BCUT2D eigenvalue weighted by atomic mass is 16.5. The topological polar surface area (TPSA) is 90.7 Å². The number of aliphatic hydroxyl groups is 1. The van der Waals surface area contributed by atoms with Crippen molar-refractivity contribution in [3.63, 3.8) is 0 Å². The quantitative estimate of drug-likeness (QED) is 0.576. The first-order valence-corrected chi connectivity index (χ1v) is 10.1. The second kappa shape index (κ2) is 9.09. The van der Waals surface area contributed by atoms with Gasteiger partial charge in [0.05, 0.1) is 21.3 Å². The Kier molecular flexibility index (Phi) is 6.08. The molecule has 1 atom stereocenters. The first kappa shape index (κ1) is 20.7. The fraction of sp³-hybridized carbons (Fsp3) is 0.304. The van der Waals surface area contributed by atoms with Gasteiger partial charge in [-0.1, -0.05) is 30.3 Å². The molecule has 1 aliphatic heterocycles. The van der Waals surface area contributed by atoms with Crippen LogP contribution in [0, 0.1) is 0 Å². The lowest BCUT2D eigenvalue weighted by Gasteiger charge is -2.25. The molecule has 2 aromatic carbocycles. The van der Waals surface area contributed by atoms with E-state index in [2.05, 4.69) is 16.4 Å². The molecule has 0 radical (unpaired) electrons. The van der Waals surface area contributed by atoms with Gasteiger partial charge < -0.3 is 24.6 Å².